The van der Waals surface area contributed by atoms with Crippen LogP contribution in [0.5, 0.6) is 0 Å². The highest BCUT2D eigenvalue weighted by atomic mass is 16.6. The number of allylic oxidation sites excluding steroid dienone is 1. The van der Waals surface area contributed by atoms with Crippen LogP contribution in [0.4, 0.5) is 11.6 Å². The molecule has 4 rings (SSSR count). The van der Waals surface area contributed by atoms with Crippen molar-refractivity contribution in [2.45, 2.75) is 6.04 Å². The van der Waals surface area contributed by atoms with Crippen molar-refractivity contribution in [2.24, 2.45) is 0 Å². The highest BCUT2D eigenvalue weighted by Gasteiger charge is 2.30. The third kappa shape index (κ3) is 2.31. The van der Waals surface area contributed by atoms with Crippen LogP contribution in [0.25, 0.3) is 11.0 Å². The van der Waals surface area contributed by atoms with Gasteiger partial charge in [0.2, 0.25) is 5.95 Å². The molecule has 1 aliphatic rings. The zero-order valence-corrected chi connectivity index (χ0v) is 12.8. The lowest BCUT2D eigenvalue weighted by Crippen LogP contribution is -2.24. The molecule has 2 N–H and O–H groups in total. The molecule has 0 amide bonds. The van der Waals surface area contributed by atoms with Crippen molar-refractivity contribution in [1.82, 2.24) is 9.55 Å². The number of imidazole rings is 1. The summed E-state index contributed by atoms with van der Waals surface area (Å²) in [6, 6.07) is 13.0. The van der Waals surface area contributed by atoms with Gasteiger partial charge >= 0.3 is 5.97 Å². The molecule has 124 valence electrons. The van der Waals surface area contributed by atoms with Gasteiger partial charge in [0.1, 0.15) is 5.70 Å². The number of aliphatic carboxylic acids is 1. The van der Waals surface area contributed by atoms with Gasteiger partial charge in [0.15, 0.2) is 0 Å². The van der Waals surface area contributed by atoms with Crippen LogP contribution in [-0.4, -0.2) is 25.6 Å². The van der Waals surface area contributed by atoms with E-state index < -0.39 is 16.9 Å². The number of nitro groups is 1. The van der Waals surface area contributed by atoms with Gasteiger partial charge in [-0.15, -0.1) is 0 Å². The van der Waals surface area contributed by atoms with Crippen LogP contribution in [0, 0.1) is 10.1 Å². The third-order valence-corrected chi connectivity index (χ3v) is 4.13. The van der Waals surface area contributed by atoms with E-state index >= 15 is 0 Å². The standard InChI is InChI=1S/C17H12N4O4/c22-16(23)12-9-15(10-5-1-3-7-13(10)21(24)25)20-14-8-4-2-6-11(14)18-17(20)19-12/h1-9,15H,(H,18,19)(H,22,23)/t15-/m0/s1. The minimum atomic E-state index is -1.15. The van der Waals surface area contributed by atoms with Crippen molar-refractivity contribution in [3.8, 4) is 0 Å². The van der Waals surface area contributed by atoms with E-state index in [1.165, 1.54) is 12.1 Å². The number of nitrogens with zero attached hydrogens (tertiary/aromatic N) is 3. The number of nitro benzene ring substituents is 1. The minimum absolute atomic E-state index is 0.0639. The lowest BCUT2D eigenvalue weighted by atomic mass is 10.0. The maximum atomic E-state index is 11.5. The number of nitrogens with one attached hydrogen (secondary N) is 1. The van der Waals surface area contributed by atoms with Gasteiger partial charge in [-0.05, 0) is 24.3 Å². The second kappa shape index (κ2) is 5.45. The topological polar surface area (TPSA) is 110 Å². The number of hydrogen-bond acceptors (Lipinski definition) is 5. The van der Waals surface area contributed by atoms with E-state index in [0.29, 0.717) is 17.0 Å². The lowest BCUT2D eigenvalue weighted by molar-refractivity contribution is -0.385. The fraction of sp³-hybridized carbons (Fsp3) is 0.0588. The molecule has 0 radical (unpaired) electrons. The first-order chi connectivity index (χ1) is 12.1. The van der Waals surface area contributed by atoms with E-state index in [-0.39, 0.29) is 11.4 Å². The van der Waals surface area contributed by atoms with Crippen LogP contribution in [0.1, 0.15) is 11.6 Å². The Morgan fingerprint density at radius 3 is 2.68 bits per heavy atom. The van der Waals surface area contributed by atoms with Crippen molar-refractivity contribution in [1.29, 1.82) is 0 Å². The van der Waals surface area contributed by atoms with Crippen LogP contribution >= 0.6 is 0 Å². The smallest absolute Gasteiger partial charge is 0.352 e. The number of fused-ring (bicyclic) bond motifs is 3. The fourth-order valence-corrected chi connectivity index (χ4v) is 3.07. The van der Waals surface area contributed by atoms with Crippen LogP contribution in [0.2, 0.25) is 0 Å². The number of para-hydroxylation sites is 3. The third-order valence-electron chi connectivity index (χ3n) is 4.13. The number of rotatable bonds is 3. The average Bonchev–Trinajstić information content (AvgIpc) is 2.99. The summed E-state index contributed by atoms with van der Waals surface area (Å²) in [5.41, 5.74) is 1.70. The zero-order chi connectivity index (χ0) is 17.6. The molecule has 1 atom stereocenters. The van der Waals surface area contributed by atoms with Gasteiger partial charge in [-0.1, -0.05) is 24.3 Å². The molecule has 0 saturated carbocycles. The normalized spacial score (nSPS) is 16.0. The molecule has 0 saturated heterocycles. The van der Waals surface area contributed by atoms with Crippen molar-refractivity contribution in [3.63, 3.8) is 0 Å². The molecule has 0 bridgehead atoms. The molecule has 8 nitrogen and oxygen atoms in total. The maximum absolute atomic E-state index is 11.5. The predicted molar refractivity (Wildman–Crippen MR) is 90.3 cm³/mol. The first kappa shape index (κ1) is 14.9. The van der Waals surface area contributed by atoms with Gasteiger partial charge in [0.05, 0.1) is 27.6 Å². The Bertz CT molecular complexity index is 1050. The van der Waals surface area contributed by atoms with Gasteiger partial charge in [0.25, 0.3) is 5.69 Å². The van der Waals surface area contributed by atoms with Crippen LogP contribution < -0.4 is 5.32 Å². The summed E-state index contributed by atoms with van der Waals surface area (Å²) in [6.45, 7) is 0. The molecule has 0 aliphatic carbocycles. The highest BCUT2D eigenvalue weighted by Crippen LogP contribution is 2.37. The Kier molecular flexibility index (Phi) is 3.24. The summed E-state index contributed by atoms with van der Waals surface area (Å²) in [5, 5.41) is 23.6. The molecule has 25 heavy (non-hydrogen) atoms. The summed E-state index contributed by atoms with van der Waals surface area (Å²) < 4.78 is 1.77. The quantitative estimate of drug-likeness (QED) is 0.562. The Balaban J connectivity index is 2.01. The van der Waals surface area contributed by atoms with Gasteiger partial charge in [-0.2, -0.15) is 0 Å². The molecule has 2 aromatic carbocycles. The minimum Gasteiger partial charge on any atom is -0.477 e. The van der Waals surface area contributed by atoms with Crippen molar-refractivity contribution in [3.05, 3.63) is 76.0 Å². The number of carbonyl (C=O) groups is 1. The van der Waals surface area contributed by atoms with Gasteiger partial charge in [0, 0.05) is 6.07 Å². The maximum Gasteiger partial charge on any atom is 0.352 e. The molecule has 3 aromatic rings. The largest absolute Gasteiger partial charge is 0.477 e. The molecule has 2 heterocycles. The second-order valence-electron chi connectivity index (χ2n) is 5.57. The molecule has 0 spiro atoms. The summed E-state index contributed by atoms with van der Waals surface area (Å²) in [7, 11) is 0. The van der Waals surface area contributed by atoms with Crippen molar-refractivity contribution in [2.75, 3.05) is 5.32 Å². The first-order valence-corrected chi connectivity index (χ1v) is 7.48. The Morgan fingerprint density at radius 1 is 1.20 bits per heavy atom. The summed E-state index contributed by atoms with van der Waals surface area (Å²) >= 11 is 0. The summed E-state index contributed by atoms with van der Waals surface area (Å²) in [4.78, 5) is 26.8. The molecule has 0 fully saturated rings. The second-order valence-corrected chi connectivity index (χ2v) is 5.57. The van der Waals surface area contributed by atoms with Gasteiger partial charge < -0.3 is 10.4 Å². The fourth-order valence-electron chi connectivity index (χ4n) is 3.07. The number of carboxylic acid groups (broad SMARTS) is 1. The van der Waals surface area contributed by atoms with Crippen LogP contribution in [0.3, 0.4) is 0 Å². The van der Waals surface area contributed by atoms with E-state index in [2.05, 4.69) is 10.3 Å². The molecule has 0 unspecified atom stereocenters. The van der Waals surface area contributed by atoms with E-state index in [9.17, 15) is 20.0 Å². The molecular formula is C17H12N4O4. The Morgan fingerprint density at radius 2 is 1.92 bits per heavy atom. The van der Waals surface area contributed by atoms with E-state index in [1.54, 1.807) is 28.8 Å². The van der Waals surface area contributed by atoms with E-state index in [4.69, 9.17) is 0 Å². The monoisotopic (exact) mass is 336 g/mol. The van der Waals surface area contributed by atoms with Gasteiger partial charge in [-0.25, -0.2) is 9.78 Å². The van der Waals surface area contributed by atoms with Gasteiger partial charge in [-0.3, -0.25) is 14.7 Å². The molecule has 1 aromatic heterocycles. The average molecular weight is 336 g/mol. The van der Waals surface area contributed by atoms with E-state index in [0.717, 1.165) is 5.52 Å². The predicted octanol–water partition coefficient (Wildman–Crippen LogP) is 2.93. The summed E-state index contributed by atoms with van der Waals surface area (Å²) in [6.07, 6.45) is 1.46. The van der Waals surface area contributed by atoms with Crippen molar-refractivity contribution < 1.29 is 14.8 Å². The zero-order valence-electron chi connectivity index (χ0n) is 12.8. The summed E-state index contributed by atoms with van der Waals surface area (Å²) in [5.74, 6) is -0.814. The number of benzene rings is 2. The molecule has 1 aliphatic heterocycles. The number of hydrogen-bond donors (Lipinski definition) is 2. The SMILES string of the molecule is O=C(O)C1=C[C@@H](c2ccccc2[N+](=O)[O-])n2c(nc3ccccc32)N1. The van der Waals surface area contributed by atoms with E-state index in [1.807, 2.05) is 18.2 Å². The number of carboxylic acids is 1. The van der Waals surface area contributed by atoms with Crippen LogP contribution in [-0.2, 0) is 4.79 Å². The lowest BCUT2D eigenvalue weighted by Gasteiger charge is -2.24. The first-order valence-electron chi connectivity index (χ1n) is 7.48. The van der Waals surface area contributed by atoms with Crippen molar-refractivity contribution >= 4 is 28.6 Å². The number of anilines is 1. The molecule has 8 heteroatoms. The molecular weight excluding hydrogens is 324 g/mol. The van der Waals surface area contributed by atoms with Crippen LogP contribution in [0.15, 0.2) is 60.3 Å². The highest BCUT2D eigenvalue weighted by molar-refractivity contribution is 5.92. The Hall–Kier alpha value is -3.68. The number of aromatic nitrogens is 2. The Labute approximate surface area is 141 Å².